The molecule has 0 aliphatic heterocycles. The number of para-hydroxylation sites is 1. The summed E-state index contributed by atoms with van der Waals surface area (Å²) in [6.45, 7) is 3.01. The molecule has 0 unspecified atom stereocenters. The maximum atomic E-state index is 10.4. The molecule has 1 heterocycles. The highest BCUT2D eigenvalue weighted by Crippen LogP contribution is 2.14. The lowest BCUT2D eigenvalue weighted by Gasteiger charge is -2.10. The molecule has 1 aromatic carbocycles. The second-order valence-corrected chi connectivity index (χ2v) is 4.29. The Balaban J connectivity index is 2.08. The standard InChI is InChI=1S/C14H17N3O2/c1-11-16-10-13(9-15-8-7-14(18)19)17(11)12-5-3-2-4-6-12/h2-6,10,15H,7-9H2,1H3,(H,18,19). The minimum atomic E-state index is -0.791. The quantitative estimate of drug-likeness (QED) is 0.775. The maximum absolute atomic E-state index is 10.4. The molecule has 2 N–H and O–H groups in total. The van der Waals surface area contributed by atoms with E-state index in [-0.39, 0.29) is 6.42 Å². The third kappa shape index (κ3) is 3.42. The van der Waals surface area contributed by atoms with Gasteiger partial charge in [-0.05, 0) is 19.1 Å². The van der Waals surface area contributed by atoms with Crippen LogP contribution in [-0.4, -0.2) is 27.2 Å². The first kappa shape index (κ1) is 13.3. The number of benzene rings is 1. The first-order valence-corrected chi connectivity index (χ1v) is 6.19. The minimum Gasteiger partial charge on any atom is -0.481 e. The number of hydrogen-bond donors (Lipinski definition) is 2. The molecule has 0 bridgehead atoms. The van der Waals surface area contributed by atoms with Gasteiger partial charge in [0.05, 0.1) is 18.3 Å². The van der Waals surface area contributed by atoms with Gasteiger partial charge in [0.25, 0.3) is 0 Å². The van der Waals surface area contributed by atoms with Gasteiger partial charge in [0, 0.05) is 18.8 Å². The number of imidazole rings is 1. The molecule has 0 atom stereocenters. The van der Waals surface area contributed by atoms with Gasteiger partial charge in [0.2, 0.25) is 0 Å². The van der Waals surface area contributed by atoms with Crippen LogP contribution in [0.15, 0.2) is 36.5 Å². The van der Waals surface area contributed by atoms with Crippen LogP contribution in [0, 0.1) is 6.92 Å². The van der Waals surface area contributed by atoms with Crippen LogP contribution >= 0.6 is 0 Å². The summed E-state index contributed by atoms with van der Waals surface area (Å²) in [6, 6.07) is 9.98. The van der Waals surface area contributed by atoms with Gasteiger partial charge in [-0.2, -0.15) is 0 Å². The van der Waals surface area contributed by atoms with Gasteiger partial charge < -0.3 is 10.4 Å². The molecule has 100 valence electrons. The molecule has 0 fully saturated rings. The molecule has 0 radical (unpaired) electrons. The molecule has 1 aromatic heterocycles. The van der Waals surface area contributed by atoms with Crippen molar-refractivity contribution in [2.75, 3.05) is 6.54 Å². The zero-order chi connectivity index (χ0) is 13.7. The van der Waals surface area contributed by atoms with Crippen LogP contribution in [0.1, 0.15) is 17.9 Å². The van der Waals surface area contributed by atoms with Crippen LogP contribution in [0.5, 0.6) is 0 Å². The number of carbonyl (C=O) groups is 1. The third-order valence-electron chi connectivity index (χ3n) is 2.85. The van der Waals surface area contributed by atoms with Gasteiger partial charge in [-0.25, -0.2) is 4.98 Å². The van der Waals surface area contributed by atoms with Crippen molar-refractivity contribution in [3.63, 3.8) is 0 Å². The third-order valence-corrected chi connectivity index (χ3v) is 2.85. The Bertz CT molecular complexity index is 549. The maximum Gasteiger partial charge on any atom is 0.304 e. The van der Waals surface area contributed by atoms with E-state index in [9.17, 15) is 4.79 Å². The Hall–Kier alpha value is -2.14. The molecule has 0 amide bonds. The van der Waals surface area contributed by atoms with Crippen LogP contribution in [0.3, 0.4) is 0 Å². The molecule has 19 heavy (non-hydrogen) atoms. The highest BCUT2D eigenvalue weighted by atomic mass is 16.4. The summed E-state index contributed by atoms with van der Waals surface area (Å²) >= 11 is 0. The van der Waals surface area contributed by atoms with E-state index in [1.165, 1.54) is 0 Å². The minimum absolute atomic E-state index is 0.123. The van der Waals surface area contributed by atoms with Crippen molar-refractivity contribution in [1.82, 2.24) is 14.9 Å². The van der Waals surface area contributed by atoms with Crippen molar-refractivity contribution in [1.29, 1.82) is 0 Å². The van der Waals surface area contributed by atoms with E-state index in [0.717, 1.165) is 17.2 Å². The summed E-state index contributed by atoms with van der Waals surface area (Å²) in [5, 5.41) is 11.7. The van der Waals surface area contributed by atoms with Gasteiger partial charge in [0.1, 0.15) is 5.82 Å². The molecular formula is C14H17N3O2. The number of carboxylic acids is 1. The number of rotatable bonds is 6. The summed E-state index contributed by atoms with van der Waals surface area (Å²) < 4.78 is 2.06. The normalized spacial score (nSPS) is 10.6. The van der Waals surface area contributed by atoms with E-state index in [0.29, 0.717) is 13.1 Å². The van der Waals surface area contributed by atoms with E-state index in [4.69, 9.17) is 5.11 Å². The predicted molar refractivity (Wildman–Crippen MR) is 72.3 cm³/mol. The number of aliphatic carboxylic acids is 1. The van der Waals surface area contributed by atoms with Crippen LogP contribution in [0.4, 0.5) is 0 Å². The van der Waals surface area contributed by atoms with E-state index < -0.39 is 5.97 Å². The predicted octanol–water partition coefficient (Wildman–Crippen LogP) is 1.75. The Morgan fingerprint density at radius 1 is 1.37 bits per heavy atom. The van der Waals surface area contributed by atoms with Crippen LogP contribution in [0.2, 0.25) is 0 Å². The Labute approximate surface area is 111 Å². The fraction of sp³-hybridized carbons (Fsp3) is 0.286. The summed E-state index contributed by atoms with van der Waals surface area (Å²) in [4.78, 5) is 14.8. The van der Waals surface area contributed by atoms with E-state index >= 15 is 0 Å². The molecule has 0 spiro atoms. The number of aromatic nitrogens is 2. The van der Waals surface area contributed by atoms with Crippen molar-refractivity contribution in [2.45, 2.75) is 19.9 Å². The van der Waals surface area contributed by atoms with E-state index in [1.54, 1.807) is 0 Å². The molecule has 0 saturated carbocycles. The smallest absolute Gasteiger partial charge is 0.304 e. The fourth-order valence-corrected chi connectivity index (χ4v) is 1.96. The number of aryl methyl sites for hydroxylation is 1. The SMILES string of the molecule is Cc1ncc(CNCCC(=O)O)n1-c1ccccc1. The molecule has 5 heteroatoms. The lowest BCUT2D eigenvalue weighted by atomic mass is 10.3. The van der Waals surface area contributed by atoms with Crippen molar-refractivity contribution in [3.8, 4) is 5.69 Å². The van der Waals surface area contributed by atoms with Gasteiger partial charge in [-0.3, -0.25) is 9.36 Å². The van der Waals surface area contributed by atoms with Gasteiger partial charge in [-0.1, -0.05) is 18.2 Å². The topological polar surface area (TPSA) is 67.2 Å². The van der Waals surface area contributed by atoms with Gasteiger partial charge >= 0.3 is 5.97 Å². The van der Waals surface area contributed by atoms with Crippen molar-refractivity contribution >= 4 is 5.97 Å². The van der Waals surface area contributed by atoms with Crippen LogP contribution in [-0.2, 0) is 11.3 Å². The van der Waals surface area contributed by atoms with Gasteiger partial charge in [-0.15, -0.1) is 0 Å². The lowest BCUT2D eigenvalue weighted by molar-refractivity contribution is -0.136. The van der Waals surface area contributed by atoms with E-state index in [1.807, 2.05) is 43.5 Å². The number of nitrogens with zero attached hydrogens (tertiary/aromatic N) is 2. The first-order chi connectivity index (χ1) is 9.18. The Kier molecular flexibility index (Phi) is 4.30. The summed E-state index contributed by atoms with van der Waals surface area (Å²) in [5.74, 6) is 0.126. The molecular weight excluding hydrogens is 242 g/mol. The molecule has 2 aromatic rings. The molecule has 0 aliphatic rings. The monoisotopic (exact) mass is 259 g/mol. The largest absolute Gasteiger partial charge is 0.481 e. The highest BCUT2D eigenvalue weighted by Gasteiger charge is 2.08. The average Bonchev–Trinajstić information content (AvgIpc) is 2.77. The second kappa shape index (κ2) is 6.15. The van der Waals surface area contributed by atoms with Crippen molar-refractivity contribution < 1.29 is 9.90 Å². The Morgan fingerprint density at radius 2 is 2.11 bits per heavy atom. The summed E-state index contributed by atoms with van der Waals surface area (Å²) in [7, 11) is 0. The molecule has 0 aliphatic carbocycles. The zero-order valence-electron chi connectivity index (χ0n) is 10.8. The Morgan fingerprint density at radius 3 is 2.79 bits per heavy atom. The highest BCUT2D eigenvalue weighted by molar-refractivity contribution is 5.66. The number of hydrogen-bond acceptors (Lipinski definition) is 3. The lowest BCUT2D eigenvalue weighted by Crippen LogP contribution is -2.19. The van der Waals surface area contributed by atoms with Crippen molar-refractivity contribution in [3.05, 3.63) is 48.0 Å². The fourth-order valence-electron chi connectivity index (χ4n) is 1.96. The zero-order valence-corrected chi connectivity index (χ0v) is 10.8. The molecule has 0 saturated heterocycles. The van der Waals surface area contributed by atoms with Crippen LogP contribution < -0.4 is 5.32 Å². The molecule has 2 rings (SSSR count). The average molecular weight is 259 g/mol. The van der Waals surface area contributed by atoms with E-state index in [2.05, 4.69) is 14.9 Å². The number of carboxylic acid groups (broad SMARTS) is 1. The number of nitrogens with one attached hydrogen (secondary N) is 1. The second-order valence-electron chi connectivity index (χ2n) is 4.29. The van der Waals surface area contributed by atoms with Crippen LogP contribution in [0.25, 0.3) is 5.69 Å². The summed E-state index contributed by atoms with van der Waals surface area (Å²) in [6.07, 6.45) is 1.94. The van der Waals surface area contributed by atoms with Gasteiger partial charge in [0.15, 0.2) is 0 Å². The molecule has 5 nitrogen and oxygen atoms in total. The first-order valence-electron chi connectivity index (χ1n) is 6.19. The van der Waals surface area contributed by atoms with Crippen molar-refractivity contribution in [2.24, 2.45) is 0 Å². The summed E-state index contributed by atoms with van der Waals surface area (Å²) in [5.41, 5.74) is 2.08.